The average molecular weight is 364 g/mol. The molecule has 0 radical (unpaired) electrons. The summed E-state index contributed by atoms with van der Waals surface area (Å²) in [7, 11) is 0. The van der Waals surface area contributed by atoms with Gasteiger partial charge in [0.1, 0.15) is 0 Å². The number of fused-ring (bicyclic) bond motifs is 1. The van der Waals surface area contributed by atoms with Crippen molar-refractivity contribution in [3.05, 3.63) is 70.2 Å². The van der Waals surface area contributed by atoms with Crippen LogP contribution in [0, 0.1) is 13.8 Å². The molecule has 1 aromatic carbocycles. The van der Waals surface area contributed by atoms with Crippen LogP contribution in [-0.4, -0.2) is 30.5 Å². The van der Waals surface area contributed by atoms with Crippen molar-refractivity contribution in [2.24, 2.45) is 0 Å². The third kappa shape index (κ3) is 3.31. The smallest absolute Gasteiger partial charge is 0.295 e. The number of hydrogen-bond acceptors (Lipinski definition) is 6. The van der Waals surface area contributed by atoms with E-state index in [0.717, 1.165) is 22.7 Å². The summed E-state index contributed by atoms with van der Waals surface area (Å²) in [5, 5.41) is 7.52. The lowest BCUT2D eigenvalue weighted by Crippen LogP contribution is -2.13. The fourth-order valence-electron chi connectivity index (χ4n) is 2.66. The number of nitrogens with one attached hydrogen (secondary N) is 1. The van der Waals surface area contributed by atoms with E-state index in [1.807, 2.05) is 38.1 Å². The first-order valence-corrected chi connectivity index (χ1v) is 8.91. The molecule has 1 N–H and O–H groups in total. The van der Waals surface area contributed by atoms with Gasteiger partial charge in [-0.1, -0.05) is 30.3 Å². The first-order chi connectivity index (χ1) is 12.6. The molecule has 0 unspecified atom stereocenters. The van der Waals surface area contributed by atoms with Crippen LogP contribution in [0.1, 0.15) is 32.4 Å². The maximum atomic E-state index is 12.4. The fourth-order valence-corrected chi connectivity index (χ4v) is 3.50. The molecule has 4 rings (SSSR count). The van der Waals surface area contributed by atoms with Crippen LogP contribution < -0.4 is 5.32 Å². The lowest BCUT2D eigenvalue weighted by molar-refractivity contribution is 0.101. The molecule has 0 bridgehead atoms. The number of carbonyl (C=O) groups is 1. The van der Waals surface area contributed by atoms with Gasteiger partial charge in [-0.2, -0.15) is 4.98 Å². The quantitative estimate of drug-likeness (QED) is 0.602. The molecule has 1 amide bonds. The number of rotatable bonds is 4. The zero-order valence-corrected chi connectivity index (χ0v) is 15.1. The molecule has 26 heavy (non-hydrogen) atoms. The summed E-state index contributed by atoms with van der Waals surface area (Å²) in [6.45, 7) is 3.78. The van der Waals surface area contributed by atoms with E-state index in [2.05, 4.69) is 37.5 Å². The monoisotopic (exact) mass is 364 g/mol. The first-order valence-electron chi connectivity index (χ1n) is 8.09. The van der Waals surface area contributed by atoms with E-state index in [4.69, 9.17) is 0 Å². The number of benzene rings is 1. The Balaban J connectivity index is 1.51. The Hall–Kier alpha value is -3.13. The minimum Gasteiger partial charge on any atom is -0.295 e. The average Bonchev–Trinajstić information content (AvgIpc) is 3.23. The molecular formula is C18H16N6OS. The number of amides is 1. The molecule has 0 spiro atoms. The van der Waals surface area contributed by atoms with Crippen LogP contribution in [0.3, 0.4) is 0 Å². The van der Waals surface area contributed by atoms with Gasteiger partial charge < -0.3 is 0 Å². The van der Waals surface area contributed by atoms with Crippen LogP contribution in [-0.2, 0) is 6.42 Å². The standard InChI is InChI=1S/C18H16N6OS/c1-11-8-12(2)24-17(20-11)21-15(23-24)16(25)22-18-19-10-14(26-18)9-13-6-4-3-5-7-13/h3-8,10H,9H2,1-2H3,(H,19,22,25). The Kier molecular flexibility index (Phi) is 4.18. The largest absolute Gasteiger partial charge is 0.297 e. The van der Waals surface area contributed by atoms with Gasteiger partial charge in [-0.05, 0) is 25.5 Å². The molecular weight excluding hydrogens is 348 g/mol. The van der Waals surface area contributed by atoms with Gasteiger partial charge in [-0.25, -0.2) is 14.5 Å². The summed E-state index contributed by atoms with van der Waals surface area (Å²) >= 11 is 1.44. The van der Waals surface area contributed by atoms with E-state index in [9.17, 15) is 4.79 Å². The van der Waals surface area contributed by atoms with Crippen LogP contribution in [0.25, 0.3) is 5.78 Å². The summed E-state index contributed by atoms with van der Waals surface area (Å²) in [6, 6.07) is 12.0. The molecule has 0 aliphatic rings. The van der Waals surface area contributed by atoms with Crippen molar-refractivity contribution < 1.29 is 4.79 Å². The van der Waals surface area contributed by atoms with Crippen molar-refractivity contribution in [2.45, 2.75) is 20.3 Å². The van der Waals surface area contributed by atoms with Crippen molar-refractivity contribution >= 4 is 28.2 Å². The minimum atomic E-state index is -0.395. The predicted octanol–water partition coefficient (Wildman–Crippen LogP) is 3.04. The van der Waals surface area contributed by atoms with Gasteiger partial charge in [0.25, 0.3) is 11.7 Å². The van der Waals surface area contributed by atoms with Crippen molar-refractivity contribution in [1.82, 2.24) is 24.6 Å². The molecule has 0 saturated heterocycles. The molecule has 3 heterocycles. The van der Waals surface area contributed by atoms with Crippen LogP contribution in [0.4, 0.5) is 5.13 Å². The Morgan fingerprint density at radius 1 is 1.19 bits per heavy atom. The van der Waals surface area contributed by atoms with E-state index in [0.29, 0.717) is 10.9 Å². The van der Waals surface area contributed by atoms with E-state index in [-0.39, 0.29) is 5.82 Å². The van der Waals surface area contributed by atoms with Crippen molar-refractivity contribution in [2.75, 3.05) is 5.32 Å². The second-order valence-electron chi connectivity index (χ2n) is 5.93. The van der Waals surface area contributed by atoms with E-state index in [1.165, 1.54) is 16.9 Å². The van der Waals surface area contributed by atoms with E-state index < -0.39 is 5.91 Å². The number of anilines is 1. The van der Waals surface area contributed by atoms with Gasteiger partial charge in [0, 0.05) is 28.9 Å². The molecule has 0 saturated carbocycles. The Bertz CT molecular complexity index is 1090. The molecule has 7 nitrogen and oxygen atoms in total. The first kappa shape index (κ1) is 16.3. The Labute approximate surface area is 153 Å². The highest BCUT2D eigenvalue weighted by Gasteiger charge is 2.16. The Morgan fingerprint density at radius 3 is 2.81 bits per heavy atom. The normalized spacial score (nSPS) is 11.0. The minimum absolute atomic E-state index is 0.0750. The maximum absolute atomic E-state index is 12.4. The van der Waals surface area contributed by atoms with E-state index in [1.54, 1.807) is 10.7 Å². The van der Waals surface area contributed by atoms with Crippen LogP contribution >= 0.6 is 11.3 Å². The SMILES string of the molecule is Cc1cc(C)n2nc(C(=O)Nc3ncc(Cc4ccccc4)s3)nc2n1. The second-order valence-corrected chi connectivity index (χ2v) is 7.05. The van der Waals surface area contributed by atoms with Gasteiger partial charge in [0.2, 0.25) is 5.82 Å². The zero-order chi connectivity index (χ0) is 18.1. The number of thiazole rings is 1. The lowest BCUT2D eigenvalue weighted by atomic mass is 10.1. The summed E-state index contributed by atoms with van der Waals surface area (Å²) < 4.78 is 1.56. The van der Waals surface area contributed by atoms with Crippen LogP contribution in [0.5, 0.6) is 0 Å². The third-order valence-corrected chi connectivity index (χ3v) is 4.73. The molecule has 130 valence electrons. The number of aromatic nitrogens is 5. The summed E-state index contributed by atoms with van der Waals surface area (Å²) in [4.78, 5) is 26.3. The molecule has 3 aromatic heterocycles. The molecule has 0 fully saturated rings. The molecule has 8 heteroatoms. The molecule has 0 aliphatic heterocycles. The zero-order valence-electron chi connectivity index (χ0n) is 14.3. The number of hydrogen-bond donors (Lipinski definition) is 1. The molecule has 0 aliphatic carbocycles. The maximum Gasteiger partial charge on any atom is 0.297 e. The summed E-state index contributed by atoms with van der Waals surface area (Å²) in [5.74, 6) is 0.0933. The van der Waals surface area contributed by atoms with Crippen molar-refractivity contribution in [1.29, 1.82) is 0 Å². The number of carbonyl (C=O) groups excluding carboxylic acids is 1. The summed E-state index contributed by atoms with van der Waals surface area (Å²) in [6.07, 6.45) is 2.56. The topological polar surface area (TPSA) is 85.1 Å². The highest BCUT2D eigenvalue weighted by Crippen LogP contribution is 2.21. The van der Waals surface area contributed by atoms with Gasteiger partial charge in [-0.15, -0.1) is 16.4 Å². The van der Waals surface area contributed by atoms with E-state index >= 15 is 0 Å². The van der Waals surface area contributed by atoms with Crippen LogP contribution in [0.15, 0.2) is 42.6 Å². The predicted molar refractivity (Wildman–Crippen MR) is 99.6 cm³/mol. The second kappa shape index (κ2) is 6.64. The lowest BCUT2D eigenvalue weighted by Gasteiger charge is -1.98. The highest BCUT2D eigenvalue weighted by atomic mass is 32.1. The summed E-state index contributed by atoms with van der Waals surface area (Å²) in [5.41, 5.74) is 2.91. The van der Waals surface area contributed by atoms with Gasteiger partial charge >= 0.3 is 0 Å². The van der Waals surface area contributed by atoms with Crippen LogP contribution in [0.2, 0.25) is 0 Å². The van der Waals surface area contributed by atoms with Crippen molar-refractivity contribution in [3.63, 3.8) is 0 Å². The molecule has 0 atom stereocenters. The van der Waals surface area contributed by atoms with Crippen molar-refractivity contribution in [3.8, 4) is 0 Å². The number of nitrogens with zero attached hydrogens (tertiary/aromatic N) is 5. The fraction of sp³-hybridized carbons (Fsp3) is 0.167. The Morgan fingerprint density at radius 2 is 2.00 bits per heavy atom. The highest BCUT2D eigenvalue weighted by molar-refractivity contribution is 7.15. The molecule has 4 aromatic rings. The third-order valence-electron chi connectivity index (χ3n) is 3.82. The van der Waals surface area contributed by atoms with Gasteiger partial charge in [-0.3, -0.25) is 10.1 Å². The number of aryl methyl sites for hydroxylation is 2. The van der Waals surface area contributed by atoms with Gasteiger partial charge in [0.15, 0.2) is 5.13 Å². The van der Waals surface area contributed by atoms with Gasteiger partial charge in [0.05, 0.1) is 0 Å².